The van der Waals surface area contributed by atoms with E-state index < -0.39 is 0 Å². The summed E-state index contributed by atoms with van der Waals surface area (Å²) in [5, 5.41) is 1.00. The van der Waals surface area contributed by atoms with Crippen LogP contribution in [0.25, 0.3) is 10.9 Å². The van der Waals surface area contributed by atoms with Crippen molar-refractivity contribution in [1.82, 2.24) is 14.9 Å². The summed E-state index contributed by atoms with van der Waals surface area (Å²) in [5.41, 5.74) is 4.10. The first-order valence-corrected chi connectivity index (χ1v) is 14.7. The Morgan fingerprint density at radius 3 is 2.54 bits per heavy atom. The molecule has 3 aromatic rings. The molecule has 1 atom stereocenters. The van der Waals surface area contributed by atoms with Gasteiger partial charge in [0.15, 0.2) is 5.82 Å². The van der Waals surface area contributed by atoms with Crippen LogP contribution in [0, 0.1) is 18.3 Å². The van der Waals surface area contributed by atoms with Gasteiger partial charge in [0.05, 0.1) is 18.7 Å². The topological polar surface area (TPSA) is 70.9 Å². The Morgan fingerprint density at radius 1 is 1.12 bits per heavy atom. The molecule has 41 heavy (non-hydrogen) atoms. The number of benzene rings is 2. The maximum absolute atomic E-state index is 14.1. The Labute approximate surface area is 245 Å². The van der Waals surface area contributed by atoms with Gasteiger partial charge in [-0.05, 0) is 56.5 Å². The largest absolute Gasteiger partial charge is 0.381 e. The van der Waals surface area contributed by atoms with Crippen LogP contribution in [0.2, 0.25) is 0 Å². The molecule has 2 heterocycles. The Morgan fingerprint density at radius 2 is 1.85 bits per heavy atom. The summed E-state index contributed by atoms with van der Waals surface area (Å²) < 4.78 is 5.62. The number of carbonyl (C=O) groups excluding carboxylic acids is 1. The first kappa shape index (κ1) is 30.4. The van der Waals surface area contributed by atoms with Crippen LogP contribution in [0.1, 0.15) is 69.2 Å². The quantitative estimate of drug-likeness (QED) is 0.256. The lowest BCUT2D eigenvalue weighted by molar-refractivity contribution is 0.0792. The minimum Gasteiger partial charge on any atom is -0.381 e. The second kappa shape index (κ2) is 13.4. The van der Waals surface area contributed by atoms with Crippen molar-refractivity contribution in [3.05, 3.63) is 77.3 Å². The van der Waals surface area contributed by atoms with Crippen LogP contribution in [0.4, 0.5) is 5.82 Å². The van der Waals surface area contributed by atoms with Crippen molar-refractivity contribution < 1.29 is 9.53 Å². The van der Waals surface area contributed by atoms with E-state index in [-0.39, 0.29) is 17.9 Å². The fourth-order valence-corrected chi connectivity index (χ4v) is 5.13. The number of aryl methyl sites for hydroxylation is 1. The van der Waals surface area contributed by atoms with Crippen LogP contribution in [0.3, 0.4) is 0 Å². The van der Waals surface area contributed by atoms with Crippen LogP contribution in [0.15, 0.2) is 65.3 Å². The summed E-state index contributed by atoms with van der Waals surface area (Å²) in [7, 11) is 2.08. The van der Waals surface area contributed by atoms with Crippen molar-refractivity contribution in [2.24, 2.45) is 16.3 Å². The predicted octanol–water partition coefficient (Wildman–Crippen LogP) is 6.85. The zero-order valence-electron chi connectivity index (χ0n) is 25.8. The van der Waals surface area contributed by atoms with E-state index in [4.69, 9.17) is 19.7 Å². The van der Waals surface area contributed by atoms with Crippen molar-refractivity contribution in [2.45, 2.75) is 60.9 Å². The molecule has 218 valence electrons. The Kier molecular flexibility index (Phi) is 9.92. The third-order valence-electron chi connectivity index (χ3n) is 7.51. The highest BCUT2D eigenvalue weighted by Crippen LogP contribution is 2.27. The number of hydrogen-bond donors (Lipinski definition) is 0. The van der Waals surface area contributed by atoms with Gasteiger partial charge in [-0.2, -0.15) is 0 Å². The zero-order valence-corrected chi connectivity index (χ0v) is 25.8. The van der Waals surface area contributed by atoms with E-state index in [0.717, 1.165) is 72.8 Å². The number of fused-ring (bicyclic) bond motifs is 1. The predicted molar refractivity (Wildman–Crippen MR) is 169 cm³/mol. The highest BCUT2D eigenvalue weighted by Gasteiger charge is 2.25. The van der Waals surface area contributed by atoms with Crippen LogP contribution >= 0.6 is 0 Å². The van der Waals surface area contributed by atoms with Crippen molar-refractivity contribution in [3.63, 3.8) is 0 Å². The summed E-state index contributed by atoms with van der Waals surface area (Å²) in [6.07, 6.45) is 4.07. The lowest BCUT2D eigenvalue weighted by atomic mass is 9.89. The molecule has 1 fully saturated rings. The highest BCUT2D eigenvalue weighted by molar-refractivity contribution is 6.01. The molecule has 7 heteroatoms. The standard InChI is InChI=1S/C34H45N5O2/c1-8-18-35-30(34(4,5)6)20-25(3)39(33(40)27-14-10-9-13-24(27)2)22-31-36-29-16-12-11-15-28(29)32(37-31)38(7)21-26-17-19-41-23-26/h9-16,20,26H,8,17-19,21-23H2,1-7H3/b25-20+,35-30?. The van der Waals surface area contributed by atoms with Crippen LogP contribution in [-0.2, 0) is 11.3 Å². The monoisotopic (exact) mass is 555 g/mol. The van der Waals surface area contributed by atoms with Crippen LogP contribution in [0.5, 0.6) is 0 Å². The van der Waals surface area contributed by atoms with Crippen LogP contribution < -0.4 is 4.90 Å². The summed E-state index contributed by atoms with van der Waals surface area (Å²) in [6, 6.07) is 15.8. The van der Waals surface area contributed by atoms with Gasteiger partial charge in [0.25, 0.3) is 5.91 Å². The molecule has 2 aromatic carbocycles. The van der Waals surface area contributed by atoms with E-state index >= 15 is 0 Å². The van der Waals surface area contributed by atoms with Gasteiger partial charge in [0.1, 0.15) is 5.82 Å². The van der Waals surface area contributed by atoms with Gasteiger partial charge >= 0.3 is 0 Å². The Bertz CT molecular complexity index is 1420. The minimum absolute atomic E-state index is 0.0737. The van der Waals surface area contributed by atoms with E-state index in [2.05, 4.69) is 51.8 Å². The molecule has 1 unspecified atom stereocenters. The highest BCUT2D eigenvalue weighted by atomic mass is 16.5. The molecule has 0 saturated carbocycles. The lowest BCUT2D eigenvalue weighted by Gasteiger charge is -2.27. The number of carbonyl (C=O) groups is 1. The second-order valence-electron chi connectivity index (χ2n) is 12.1. The third kappa shape index (κ3) is 7.59. The second-order valence-corrected chi connectivity index (χ2v) is 12.1. The molecule has 1 amide bonds. The van der Waals surface area contributed by atoms with Crippen LogP contribution in [-0.4, -0.2) is 59.8 Å². The fourth-order valence-electron chi connectivity index (χ4n) is 5.13. The molecule has 0 radical (unpaired) electrons. The summed E-state index contributed by atoms with van der Waals surface area (Å²) in [6.45, 7) is 16.0. The van der Waals surface area contributed by atoms with Gasteiger partial charge in [-0.3, -0.25) is 9.79 Å². The van der Waals surface area contributed by atoms with E-state index in [9.17, 15) is 4.79 Å². The number of aliphatic imine (C=N–C) groups is 1. The Balaban J connectivity index is 1.78. The molecule has 1 aliphatic rings. The van der Waals surface area contributed by atoms with E-state index in [1.54, 1.807) is 4.90 Å². The molecular formula is C34H45N5O2. The maximum Gasteiger partial charge on any atom is 0.258 e. The number of aromatic nitrogens is 2. The lowest BCUT2D eigenvalue weighted by Crippen LogP contribution is -2.32. The number of nitrogens with zero attached hydrogens (tertiary/aromatic N) is 5. The van der Waals surface area contributed by atoms with Gasteiger partial charge in [-0.1, -0.05) is 58.0 Å². The van der Waals surface area contributed by atoms with Gasteiger partial charge in [-0.15, -0.1) is 0 Å². The van der Waals surface area contributed by atoms with E-state index in [1.807, 2.05) is 56.3 Å². The number of amides is 1. The van der Waals surface area contributed by atoms with Gasteiger partial charge in [0.2, 0.25) is 0 Å². The van der Waals surface area contributed by atoms with Crippen molar-refractivity contribution in [1.29, 1.82) is 0 Å². The number of rotatable bonds is 10. The molecule has 7 nitrogen and oxygen atoms in total. The third-order valence-corrected chi connectivity index (χ3v) is 7.51. The SMILES string of the molecule is CCCN=C(/C=C(\C)N(Cc1nc(N(C)CC2CCOC2)c2ccccc2n1)C(=O)c1ccccc1C)C(C)(C)C. The average molecular weight is 556 g/mol. The zero-order chi connectivity index (χ0) is 29.6. The maximum atomic E-state index is 14.1. The number of ether oxygens (including phenoxy) is 1. The number of allylic oxidation sites excluding steroid dienone is 2. The molecule has 4 rings (SSSR count). The minimum atomic E-state index is -0.160. The van der Waals surface area contributed by atoms with Gasteiger partial charge in [0, 0.05) is 60.4 Å². The summed E-state index contributed by atoms with van der Waals surface area (Å²) in [4.78, 5) is 33.0. The Hall–Kier alpha value is -3.58. The number of hydrogen-bond acceptors (Lipinski definition) is 6. The van der Waals surface area contributed by atoms with Crippen molar-refractivity contribution in [2.75, 3.05) is 38.3 Å². The average Bonchev–Trinajstić information content (AvgIpc) is 3.45. The summed E-state index contributed by atoms with van der Waals surface area (Å²) in [5.74, 6) is 1.88. The van der Waals surface area contributed by atoms with Gasteiger partial charge < -0.3 is 14.5 Å². The van der Waals surface area contributed by atoms with Crippen molar-refractivity contribution in [3.8, 4) is 0 Å². The van der Waals surface area contributed by atoms with E-state index in [0.29, 0.717) is 17.3 Å². The molecule has 0 aliphatic carbocycles. The molecule has 1 aliphatic heterocycles. The van der Waals surface area contributed by atoms with Gasteiger partial charge in [-0.25, -0.2) is 9.97 Å². The molecule has 1 aromatic heterocycles. The molecular weight excluding hydrogens is 510 g/mol. The summed E-state index contributed by atoms with van der Waals surface area (Å²) >= 11 is 0. The number of para-hydroxylation sites is 1. The first-order valence-electron chi connectivity index (χ1n) is 14.7. The molecule has 0 bridgehead atoms. The molecule has 0 N–H and O–H groups in total. The molecule has 1 saturated heterocycles. The molecule has 0 spiro atoms. The van der Waals surface area contributed by atoms with Crippen molar-refractivity contribution >= 4 is 28.3 Å². The smallest absolute Gasteiger partial charge is 0.258 e. The normalized spacial score (nSPS) is 16.3. The first-order chi connectivity index (χ1) is 19.6. The van der Waals surface area contributed by atoms with E-state index in [1.165, 1.54) is 0 Å². The fraction of sp³-hybridized carbons (Fsp3) is 0.471. The number of anilines is 1.